The van der Waals surface area contributed by atoms with Crippen LogP contribution in [0.4, 0.5) is 8.78 Å². The fraction of sp³-hybridized carbons (Fsp3) is 0.412. The number of carbonyl (C=O) groups excluding carboxylic acids is 1. The Balaban J connectivity index is 0.00000243. The molecule has 2 aromatic rings. The van der Waals surface area contributed by atoms with Gasteiger partial charge in [-0.1, -0.05) is 0 Å². The van der Waals surface area contributed by atoms with Gasteiger partial charge in [0.2, 0.25) is 5.91 Å². The molecular weight excluding hydrogens is 366 g/mol. The molecule has 0 aliphatic carbocycles. The third kappa shape index (κ3) is 4.70. The predicted octanol–water partition coefficient (Wildman–Crippen LogP) is 1.62. The maximum Gasteiger partial charge on any atom is 0.225 e. The van der Waals surface area contributed by atoms with Gasteiger partial charge in [0.15, 0.2) is 11.6 Å². The molecular formula is C17H21ClF2N4O2. The summed E-state index contributed by atoms with van der Waals surface area (Å²) in [6.07, 6.45) is 3.70. The monoisotopic (exact) mass is 386 g/mol. The highest BCUT2D eigenvalue weighted by Crippen LogP contribution is 2.27. The summed E-state index contributed by atoms with van der Waals surface area (Å²) >= 11 is 0. The minimum absolute atomic E-state index is 0. The standard InChI is InChI=1S/C17H20F2N4O2.ClH/c1-23-10-11(7-22-23)13-8-20-9-14(13)17(24)21-4-5-25-12-2-3-15(18)16(19)6-12;/h2-3,6-7,10,13-14,20H,4-5,8-9H2,1H3,(H,21,24);1H/t13-,14+;/m1./s1. The zero-order valence-corrected chi connectivity index (χ0v) is 15.1. The Kier molecular flexibility index (Phi) is 6.93. The van der Waals surface area contributed by atoms with Gasteiger partial charge >= 0.3 is 0 Å². The molecule has 1 fully saturated rings. The van der Waals surface area contributed by atoms with Crippen LogP contribution in [0, 0.1) is 17.6 Å². The molecule has 9 heteroatoms. The van der Waals surface area contributed by atoms with Gasteiger partial charge in [-0.15, -0.1) is 12.4 Å². The zero-order chi connectivity index (χ0) is 17.8. The maximum absolute atomic E-state index is 13.1. The summed E-state index contributed by atoms with van der Waals surface area (Å²) in [5.74, 6) is -1.81. The number of benzene rings is 1. The molecule has 1 saturated heterocycles. The normalized spacial score (nSPS) is 19.0. The summed E-state index contributed by atoms with van der Waals surface area (Å²) in [4.78, 5) is 12.4. The average molecular weight is 387 g/mol. The van der Waals surface area contributed by atoms with Crippen LogP contribution in [0.1, 0.15) is 11.5 Å². The molecule has 1 aromatic heterocycles. The summed E-state index contributed by atoms with van der Waals surface area (Å²) in [5, 5.41) is 10.2. The van der Waals surface area contributed by atoms with Gasteiger partial charge in [0.05, 0.1) is 18.7 Å². The predicted molar refractivity (Wildman–Crippen MR) is 94.4 cm³/mol. The summed E-state index contributed by atoms with van der Waals surface area (Å²) in [6, 6.07) is 3.34. The minimum atomic E-state index is -0.960. The van der Waals surface area contributed by atoms with Crippen molar-refractivity contribution in [2.45, 2.75) is 5.92 Å². The molecule has 3 rings (SSSR count). The second-order valence-electron chi connectivity index (χ2n) is 6.03. The van der Waals surface area contributed by atoms with Crippen LogP contribution in [0.5, 0.6) is 5.75 Å². The van der Waals surface area contributed by atoms with Crippen LogP contribution in [0.3, 0.4) is 0 Å². The fourth-order valence-corrected chi connectivity index (χ4v) is 2.98. The number of aromatic nitrogens is 2. The van der Waals surface area contributed by atoms with Crippen LogP contribution >= 0.6 is 12.4 Å². The van der Waals surface area contributed by atoms with Crippen molar-refractivity contribution in [1.29, 1.82) is 0 Å². The molecule has 0 spiro atoms. The van der Waals surface area contributed by atoms with Crippen molar-refractivity contribution in [2.75, 3.05) is 26.2 Å². The van der Waals surface area contributed by atoms with E-state index in [1.54, 1.807) is 10.9 Å². The first-order valence-corrected chi connectivity index (χ1v) is 8.09. The minimum Gasteiger partial charge on any atom is -0.492 e. The molecule has 0 radical (unpaired) electrons. The summed E-state index contributed by atoms with van der Waals surface area (Å²) in [5.41, 5.74) is 1.03. The molecule has 2 N–H and O–H groups in total. The van der Waals surface area contributed by atoms with E-state index in [-0.39, 0.29) is 49.1 Å². The van der Waals surface area contributed by atoms with Gasteiger partial charge in [-0.05, 0) is 17.7 Å². The first-order chi connectivity index (χ1) is 12.0. The number of hydrogen-bond acceptors (Lipinski definition) is 4. The fourth-order valence-electron chi connectivity index (χ4n) is 2.98. The molecule has 26 heavy (non-hydrogen) atoms. The van der Waals surface area contributed by atoms with Crippen LogP contribution in [0.15, 0.2) is 30.6 Å². The molecule has 1 aliphatic heterocycles. The lowest BCUT2D eigenvalue weighted by molar-refractivity contribution is -0.124. The number of hydrogen-bond donors (Lipinski definition) is 2. The third-order valence-corrected chi connectivity index (χ3v) is 4.27. The maximum atomic E-state index is 13.1. The average Bonchev–Trinajstić information content (AvgIpc) is 3.23. The Bertz CT molecular complexity index is 756. The Morgan fingerprint density at radius 3 is 2.88 bits per heavy atom. The third-order valence-electron chi connectivity index (χ3n) is 4.27. The second kappa shape index (κ2) is 8.95. The van der Waals surface area contributed by atoms with Gasteiger partial charge in [-0.2, -0.15) is 5.10 Å². The molecule has 2 atom stereocenters. The molecule has 1 aliphatic rings. The van der Waals surface area contributed by atoms with Gasteiger partial charge in [0.25, 0.3) is 0 Å². The summed E-state index contributed by atoms with van der Waals surface area (Å²) in [6.45, 7) is 1.80. The highest BCUT2D eigenvalue weighted by Gasteiger charge is 2.34. The number of amides is 1. The van der Waals surface area contributed by atoms with Gasteiger partial charge in [0.1, 0.15) is 12.4 Å². The van der Waals surface area contributed by atoms with E-state index in [4.69, 9.17) is 4.74 Å². The first-order valence-electron chi connectivity index (χ1n) is 8.09. The molecule has 6 nitrogen and oxygen atoms in total. The molecule has 1 amide bonds. The van der Waals surface area contributed by atoms with Crippen LogP contribution < -0.4 is 15.4 Å². The van der Waals surface area contributed by atoms with Crippen molar-refractivity contribution in [3.05, 3.63) is 47.8 Å². The SMILES string of the molecule is Cl.Cn1cc([C@H]2CNC[C@@H]2C(=O)NCCOc2ccc(F)c(F)c2)cn1. The molecule has 2 heterocycles. The smallest absolute Gasteiger partial charge is 0.225 e. The number of nitrogens with one attached hydrogen (secondary N) is 2. The number of aryl methyl sites for hydroxylation is 1. The zero-order valence-electron chi connectivity index (χ0n) is 14.2. The van der Waals surface area contributed by atoms with Crippen LogP contribution in [-0.4, -0.2) is 41.9 Å². The lowest BCUT2D eigenvalue weighted by Crippen LogP contribution is -2.36. The van der Waals surface area contributed by atoms with E-state index in [0.717, 1.165) is 24.2 Å². The van der Waals surface area contributed by atoms with E-state index in [1.807, 2.05) is 13.2 Å². The van der Waals surface area contributed by atoms with Crippen molar-refractivity contribution < 1.29 is 18.3 Å². The van der Waals surface area contributed by atoms with Gasteiger partial charge < -0.3 is 15.4 Å². The number of rotatable bonds is 6. The topological polar surface area (TPSA) is 68.2 Å². The highest BCUT2D eigenvalue weighted by molar-refractivity contribution is 5.85. The van der Waals surface area contributed by atoms with Crippen LogP contribution in [-0.2, 0) is 11.8 Å². The van der Waals surface area contributed by atoms with Crippen molar-refractivity contribution in [3.8, 4) is 5.75 Å². The highest BCUT2D eigenvalue weighted by atomic mass is 35.5. The van der Waals surface area contributed by atoms with E-state index in [2.05, 4.69) is 15.7 Å². The Hall–Kier alpha value is -2.19. The number of halogens is 3. The van der Waals surface area contributed by atoms with E-state index in [9.17, 15) is 13.6 Å². The van der Waals surface area contributed by atoms with E-state index in [0.29, 0.717) is 6.54 Å². The van der Waals surface area contributed by atoms with Crippen molar-refractivity contribution in [3.63, 3.8) is 0 Å². The van der Waals surface area contributed by atoms with Crippen molar-refractivity contribution in [1.82, 2.24) is 20.4 Å². The lowest BCUT2D eigenvalue weighted by atomic mass is 9.90. The van der Waals surface area contributed by atoms with Gasteiger partial charge in [0, 0.05) is 38.3 Å². The number of nitrogens with zero attached hydrogens (tertiary/aromatic N) is 2. The molecule has 0 unspecified atom stereocenters. The number of ether oxygens (including phenoxy) is 1. The quantitative estimate of drug-likeness (QED) is 0.740. The lowest BCUT2D eigenvalue weighted by Gasteiger charge is -2.17. The first kappa shape index (κ1) is 20.1. The Morgan fingerprint density at radius 1 is 1.38 bits per heavy atom. The van der Waals surface area contributed by atoms with E-state index in [1.165, 1.54) is 6.07 Å². The summed E-state index contributed by atoms with van der Waals surface area (Å²) < 4.78 is 33.0. The van der Waals surface area contributed by atoms with Crippen molar-refractivity contribution >= 4 is 18.3 Å². The van der Waals surface area contributed by atoms with Gasteiger partial charge in [-0.25, -0.2) is 8.78 Å². The van der Waals surface area contributed by atoms with Crippen LogP contribution in [0.2, 0.25) is 0 Å². The molecule has 1 aromatic carbocycles. The van der Waals surface area contributed by atoms with Gasteiger partial charge in [-0.3, -0.25) is 9.48 Å². The largest absolute Gasteiger partial charge is 0.492 e. The summed E-state index contributed by atoms with van der Waals surface area (Å²) in [7, 11) is 1.84. The molecule has 142 valence electrons. The number of carbonyl (C=O) groups is 1. The van der Waals surface area contributed by atoms with Crippen LogP contribution in [0.25, 0.3) is 0 Å². The van der Waals surface area contributed by atoms with E-state index >= 15 is 0 Å². The van der Waals surface area contributed by atoms with E-state index < -0.39 is 11.6 Å². The Morgan fingerprint density at radius 2 is 2.19 bits per heavy atom. The molecule has 0 saturated carbocycles. The second-order valence-corrected chi connectivity index (χ2v) is 6.03. The Labute approximate surface area is 156 Å². The molecule has 0 bridgehead atoms. The van der Waals surface area contributed by atoms with Crippen molar-refractivity contribution in [2.24, 2.45) is 13.0 Å².